The predicted molar refractivity (Wildman–Crippen MR) is 84.4 cm³/mol. The van der Waals surface area contributed by atoms with E-state index in [-0.39, 0.29) is 11.5 Å². The van der Waals surface area contributed by atoms with E-state index in [1.165, 1.54) is 6.07 Å². The molecule has 0 unspecified atom stereocenters. The molecule has 0 saturated carbocycles. The van der Waals surface area contributed by atoms with Crippen LogP contribution in [-0.4, -0.2) is 20.0 Å². The molecule has 0 amide bonds. The third-order valence-corrected chi connectivity index (χ3v) is 3.73. The van der Waals surface area contributed by atoms with E-state index < -0.39 is 0 Å². The minimum Gasteiger partial charge on any atom is -0.507 e. The van der Waals surface area contributed by atoms with Gasteiger partial charge in [0.05, 0.1) is 22.1 Å². The normalized spacial score (nSPS) is 10.7. The molecule has 3 aromatic rings. The van der Waals surface area contributed by atoms with Crippen LogP contribution >= 0.6 is 15.9 Å². The number of phenolic OH excluding ortho intramolecular Hbond substituents is 2. The van der Waals surface area contributed by atoms with E-state index in [0.29, 0.717) is 21.4 Å². The van der Waals surface area contributed by atoms with Crippen LogP contribution in [0.2, 0.25) is 0 Å². The van der Waals surface area contributed by atoms with Crippen molar-refractivity contribution in [2.45, 2.75) is 0 Å². The highest BCUT2D eigenvalue weighted by Crippen LogP contribution is 2.37. The smallest absolute Gasteiger partial charge is 0.133 e. The second kappa shape index (κ2) is 5.14. The summed E-state index contributed by atoms with van der Waals surface area (Å²) in [4.78, 5) is 0. The Kier molecular flexibility index (Phi) is 3.31. The maximum atomic E-state index is 10.1. The highest BCUT2D eigenvalue weighted by Gasteiger charge is 2.14. The van der Waals surface area contributed by atoms with Crippen molar-refractivity contribution < 1.29 is 10.2 Å². The van der Waals surface area contributed by atoms with Gasteiger partial charge in [0.2, 0.25) is 0 Å². The maximum absolute atomic E-state index is 10.1. The first kappa shape index (κ1) is 13.5. The molecule has 4 N–H and O–H groups in total. The Morgan fingerprint density at radius 3 is 2.62 bits per heavy atom. The molecule has 106 valence electrons. The predicted octanol–water partition coefficient (Wildman–Crippen LogP) is 3.30. The van der Waals surface area contributed by atoms with Gasteiger partial charge in [0.1, 0.15) is 11.5 Å². The van der Waals surface area contributed by atoms with E-state index in [2.05, 4.69) is 21.0 Å². The number of anilines is 1. The topological polar surface area (TPSA) is 84.3 Å². The zero-order valence-corrected chi connectivity index (χ0v) is 12.4. The average molecular weight is 346 g/mol. The number of hydrogen-bond donors (Lipinski definition) is 3. The van der Waals surface area contributed by atoms with Gasteiger partial charge in [0.15, 0.2) is 0 Å². The molecule has 1 aromatic heterocycles. The van der Waals surface area contributed by atoms with Crippen LogP contribution in [-0.2, 0) is 0 Å². The van der Waals surface area contributed by atoms with Gasteiger partial charge in [-0.1, -0.05) is 6.07 Å². The number of nitrogens with zero attached hydrogens (tertiary/aromatic N) is 2. The van der Waals surface area contributed by atoms with E-state index in [1.54, 1.807) is 35.1 Å². The van der Waals surface area contributed by atoms with Gasteiger partial charge in [-0.05, 0) is 46.3 Å². The lowest BCUT2D eigenvalue weighted by Crippen LogP contribution is -2.00. The Hall–Kier alpha value is -2.47. The highest BCUT2D eigenvalue weighted by atomic mass is 79.9. The van der Waals surface area contributed by atoms with Gasteiger partial charge in [0.25, 0.3) is 0 Å². The van der Waals surface area contributed by atoms with Crippen LogP contribution in [0, 0.1) is 0 Å². The van der Waals surface area contributed by atoms with E-state index >= 15 is 0 Å². The van der Waals surface area contributed by atoms with Crippen LogP contribution < -0.4 is 5.73 Å². The van der Waals surface area contributed by atoms with Crippen molar-refractivity contribution in [2.24, 2.45) is 0 Å². The maximum Gasteiger partial charge on any atom is 0.133 e. The SMILES string of the molecule is Nc1cccc(-n2nccc2-c2cc(Br)c(O)cc2O)c1. The van der Waals surface area contributed by atoms with E-state index in [1.807, 2.05) is 12.1 Å². The summed E-state index contributed by atoms with van der Waals surface area (Å²) < 4.78 is 2.17. The first-order valence-corrected chi connectivity index (χ1v) is 6.97. The fourth-order valence-corrected chi connectivity index (χ4v) is 2.47. The second-order valence-corrected chi connectivity index (χ2v) is 5.40. The molecular formula is C15H12BrN3O2. The van der Waals surface area contributed by atoms with Gasteiger partial charge < -0.3 is 15.9 Å². The van der Waals surface area contributed by atoms with Gasteiger partial charge in [-0.2, -0.15) is 5.10 Å². The van der Waals surface area contributed by atoms with E-state index in [4.69, 9.17) is 5.73 Å². The minimum atomic E-state index is -0.0265. The summed E-state index contributed by atoms with van der Waals surface area (Å²) in [5.41, 5.74) is 8.46. The van der Waals surface area contributed by atoms with Crippen molar-refractivity contribution in [3.63, 3.8) is 0 Å². The molecule has 0 radical (unpaired) electrons. The lowest BCUT2D eigenvalue weighted by molar-refractivity contribution is 0.449. The molecule has 0 aliphatic rings. The molecule has 0 fully saturated rings. The molecule has 0 saturated heterocycles. The second-order valence-electron chi connectivity index (χ2n) is 4.54. The molecule has 0 atom stereocenters. The van der Waals surface area contributed by atoms with E-state index in [9.17, 15) is 10.2 Å². The Labute approximate surface area is 129 Å². The monoisotopic (exact) mass is 345 g/mol. The molecule has 21 heavy (non-hydrogen) atoms. The van der Waals surface area contributed by atoms with Crippen LogP contribution in [0.4, 0.5) is 5.69 Å². The van der Waals surface area contributed by atoms with Crippen LogP contribution in [0.5, 0.6) is 11.5 Å². The fraction of sp³-hybridized carbons (Fsp3) is 0. The number of nitrogen functional groups attached to an aromatic ring is 1. The lowest BCUT2D eigenvalue weighted by Gasteiger charge is -2.11. The van der Waals surface area contributed by atoms with Gasteiger partial charge >= 0.3 is 0 Å². The molecule has 2 aromatic carbocycles. The summed E-state index contributed by atoms with van der Waals surface area (Å²) in [5, 5.41) is 23.9. The molecule has 0 bridgehead atoms. The van der Waals surface area contributed by atoms with Crippen LogP contribution in [0.25, 0.3) is 16.9 Å². The minimum absolute atomic E-state index is 0.0220. The number of aromatic nitrogens is 2. The molecule has 0 aliphatic heterocycles. The number of rotatable bonds is 2. The molecule has 5 nitrogen and oxygen atoms in total. The van der Waals surface area contributed by atoms with Crippen molar-refractivity contribution in [1.82, 2.24) is 9.78 Å². The summed E-state index contributed by atoms with van der Waals surface area (Å²) in [6, 6.07) is 12.0. The largest absolute Gasteiger partial charge is 0.507 e. The highest BCUT2D eigenvalue weighted by molar-refractivity contribution is 9.10. The van der Waals surface area contributed by atoms with Gasteiger partial charge in [-0.15, -0.1) is 0 Å². The zero-order valence-electron chi connectivity index (χ0n) is 10.9. The molecule has 0 aliphatic carbocycles. The number of nitrogens with two attached hydrogens (primary N) is 1. The first-order chi connectivity index (χ1) is 10.1. The van der Waals surface area contributed by atoms with Crippen molar-refractivity contribution in [2.75, 3.05) is 5.73 Å². The van der Waals surface area contributed by atoms with Gasteiger partial charge in [-0.3, -0.25) is 0 Å². The lowest BCUT2D eigenvalue weighted by atomic mass is 10.1. The first-order valence-electron chi connectivity index (χ1n) is 6.18. The quantitative estimate of drug-likeness (QED) is 0.622. The third-order valence-electron chi connectivity index (χ3n) is 3.10. The Bertz CT molecular complexity index is 814. The van der Waals surface area contributed by atoms with Crippen molar-refractivity contribution in [1.29, 1.82) is 0 Å². The van der Waals surface area contributed by atoms with Crippen LogP contribution in [0.15, 0.2) is 53.1 Å². The third kappa shape index (κ3) is 2.45. The van der Waals surface area contributed by atoms with Crippen LogP contribution in [0.1, 0.15) is 0 Å². The number of halogens is 1. The number of benzene rings is 2. The van der Waals surface area contributed by atoms with Crippen molar-refractivity contribution >= 4 is 21.6 Å². The van der Waals surface area contributed by atoms with Gasteiger partial charge in [0, 0.05) is 17.3 Å². The number of phenols is 2. The van der Waals surface area contributed by atoms with Crippen molar-refractivity contribution in [3.05, 3.63) is 53.1 Å². The summed E-state index contributed by atoms with van der Waals surface area (Å²) in [6.07, 6.45) is 1.64. The van der Waals surface area contributed by atoms with E-state index in [0.717, 1.165) is 5.69 Å². The summed E-state index contributed by atoms with van der Waals surface area (Å²) in [5.74, 6) is -0.0485. The Morgan fingerprint density at radius 1 is 1.05 bits per heavy atom. The van der Waals surface area contributed by atoms with Crippen LogP contribution in [0.3, 0.4) is 0 Å². The summed E-state index contributed by atoms with van der Waals surface area (Å²) in [7, 11) is 0. The molecule has 1 heterocycles. The summed E-state index contributed by atoms with van der Waals surface area (Å²) >= 11 is 3.25. The fourth-order valence-electron chi connectivity index (χ4n) is 2.13. The average Bonchev–Trinajstić information content (AvgIpc) is 2.92. The zero-order chi connectivity index (χ0) is 15.0. The number of aromatic hydroxyl groups is 2. The molecular weight excluding hydrogens is 334 g/mol. The standard InChI is InChI=1S/C15H12BrN3O2/c16-12-7-11(14(20)8-15(12)21)13-4-5-18-19(13)10-3-1-2-9(17)6-10/h1-8,20-21H,17H2. The van der Waals surface area contributed by atoms with Crippen molar-refractivity contribution in [3.8, 4) is 28.4 Å². The Morgan fingerprint density at radius 2 is 1.86 bits per heavy atom. The summed E-state index contributed by atoms with van der Waals surface area (Å²) in [6.45, 7) is 0. The molecule has 6 heteroatoms. The van der Waals surface area contributed by atoms with Gasteiger partial charge in [-0.25, -0.2) is 4.68 Å². The Balaban J connectivity index is 2.18. The molecule has 3 rings (SSSR count). The number of hydrogen-bond acceptors (Lipinski definition) is 4. The molecule has 0 spiro atoms.